The van der Waals surface area contributed by atoms with Gasteiger partial charge in [0.1, 0.15) is 6.23 Å². The maximum absolute atomic E-state index is 8.88. The van der Waals surface area contributed by atoms with E-state index in [1.165, 1.54) is 0 Å². The lowest BCUT2D eigenvalue weighted by molar-refractivity contribution is -0.0287. The highest BCUT2D eigenvalue weighted by molar-refractivity contribution is 5.39. The smallest absolute Gasteiger partial charge is 0.149 e. The largest absolute Gasteiger partial charge is 0.359 e. The molecular weight excluding hydrogens is 252 g/mol. The number of nitrogens with one attached hydrogen (secondary N) is 3. The van der Waals surface area contributed by atoms with Crippen LogP contribution >= 0.6 is 0 Å². The van der Waals surface area contributed by atoms with Crippen molar-refractivity contribution >= 4 is 0 Å². The monoisotopic (exact) mass is 276 g/mol. The van der Waals surface area contributed by atoms with Crippen LogP contribution in [0.5, 0.6) is 0 Å². The van der Waals surface area contributed by atoms with Gasteiger partial charge in [0.15, 0.2) is 0 Å². The molecule has 5 heteroatoms. The molecule has 0 aliphatic heterocycles. The highest BCUT2D eigenvalue weighted by atomic mass is 16.7. The van der Waals surface area contributed by atoms with E-state index in [1.54, 1.807) is 7.05 Å². The molecule has 0 radical (unpaired) electrons. The summed E-state index contributed by atoms with van der Waals surface area (Å²) >= 11 is 0. The first-order valence-corrected chi connectivity index (χ1v) is 7.08. The van der Waals surface area contributed by atoms with E-state index in [2.05, 4.69) is 29.1 Å². The van der Waals surface area contributed by atoms with Crippen molar-refractivity contribution in [3.8, 4) is 6.07 Å². The summed E-state index contributed by atoms with van der Waals surface area (Å²) < 4.78 is 0. The Morgan fingerprint density at radius 3 is 2.90 bits per heavy atom. The predicted molar refractivity (Wildman–Crippen MR) is 80.4 cm³/mol. The number of nitrogens with zero attached hydrogens (tertiary/aromatic N) is 1. The Labute approximate surface area is 121 Å². The van der Waals surface area contributed by atoms with Gasteiger partial charge in [-0.05, 0) is 38.1 Å². The summed E-state index contributed by atoms with van der Waals surface area (Å²) in [5, 5.41) is 15.6. The minimum absolute atomic E-state index is 0.108. The summed E-state index contributed by atoms with van der Waals surface area (Å²) in [6, 6.07) is 2.15. The van der Waals surface area contributed by atoms with Crippen LogP contribution in [0.4, 0.5) is 0 Å². The summed E-state index contributed by atoms with van der Waals surface area (Å²) in [5.74, 6) is 0. The third kappa shape index (κ3) is 6.53. The SMILES string of the molecule is CCCNCCC(NC1=CCC=C(C#N)C=C1)ONC. The van der Waals surface area contributed by atoms with E-state index in [4.69, 9.17) is 10.1 Å². The summed E-state index contributed by atoms with van der Waals surface area (Å²) in [4.78, 5) is 5.46. The molecule has 0 saturated heterocycles. The second-order valence-electron chi connectivity index (χ2n) is 4.49. The molecule has 3 N–H and O–H groups in total. The van der Waals surface area contributed by atoms with Gasteiger partial charge in [0.2, 0.25) is 0 Å². The summed E-state index contributed by atoms with van der Waals surface area (Å²) in [7, 11) is 1.75. The zero-order valence-electron chi connectivity index (χ0n) is 12.3. The lowest BCUT2D eigenvalue weighted by atomic mass is 10.2. The average molecular weight is 276 g/mol. The summed E-state index contributed by atoms with van der Waals surface area (Å²) in [6.07, 6.45) is 10.3. The van der Waals surface area contributed by atoms with E-state index >= 15 is 0 Å². The van der Waals surface area contributed by atoms with Crippen LogP contribution in [0.25, 0.3) is 0 Å². The van der Waals surface area contributed by atoms with Gasteiger partial charge in [-0.3, -0.25) is 4.84 Å². The van der Waals surface area contributed by atoms with Gasteiger partial charge in [-0.15, -0.1) is 0 Å². The third-order valence-corrected chi connectivity index (χ3v) is 2.84. The van der Waals surface area contributed by atoms with Gasteiger partial charge in [0, 0.05) is 24.7 Å². The highest BCUT2D eigenvalue weighted by Gasteiger charge is 2.09. The van der Waals surface area contributed by atoms with Gasteiger partial charge >= 0.3 is 0 Å². The van der Waals surface area contributed by atoms with Crippen LogP contribution in [0.1, 0.15) is 26.2 Å². The maximum Gasteiger partial charge on any atom is 0.149 e. The number of allylic oxidation sites excluding steroid dienone is 5. The number of nitriles is 1. The van der Waals surface area contributed by atoms with Crippen molar-refractivity contribution in [3.63, 3.8) is 0 Å². The lowest BCUT2D eigenvalue weighted by Crippen LogP contribution is -2.37. The standard InChI is InChI=1S/C15H24N4O/c1-3-10-18-11-9-15(20-17-2)19-14-6-4-5-13(12-16)7-8-14/h5-8,15,17-19H,3-4,9-11H2,1-2H3. The molecule has 1 rings (SSSR count). The van der Waals surface area contributed by atoms with E-state index < -0.39 is 0 Å². The van der Waals surface area contributed by atoms with Crippen molar-refractivity contribution < 1.29 is 4.84 Å². The van der Waals surface area contributed by atoms with E-state index in [9.17, 15) is 0 Å². The van der Waals surface area contributed by atoms with E-state index in [-0.39, 0.29) is 6.23 Å². The molecule has 0 fully saturated rings. The Hall–Kier alpha value is -1.61. The minimum Gasteiger partial charge on any atom is -0.359 e. The Bertz CT molecular complexity index is 407. The van der Waals surface area contributed by atoms with Crippen LogP contribution in [-0.4, -0.2) is 26.4 Å². The number of rotatable bonds is 9. The second kappa shape index (κ2) is 10.2. The fourth-order valence-electron chi connectivity index (χ4n) is 1.84. The molecule has 1 atom stereocenters. The van der Waals surface area contributed by atoms with Crippen molar-refractivity contribution in [2.75, 3.05) is 20.1 Å². The Kier molecular flexibility index (Phi) is 8.40. The Balaban J connectivity index is 2.45. The molecule has 1 aliphatic carbocycles. The molecule has 20 heavy (non-hydrogen) atoms. The van der Waals surface area contributed by atoms with Crippen molar-refractivity contribution in [2.24, 2.45) is 0 Å². The van der Waals surface area contributed by atoms with Gasteiger partial charge in [-0.25, -0.2) is 5.48 Å². The first-order chi connectivity index (χ1) is 9.80. The Morgan fingerprint density at radius 1 is 1.35 bits per heavy atom. The first-order valence-electron chi connectivity index (χ1n) is 7.08. The zero-order chi connectivity index (χ0) is 14.6. The van der Waals surface area contributed by atoms with Gasteiger partial charge < -0.3 is 10.6 Å². The van der Waals surface area contributed by atoms with E-state index in [1.807, 2.05) is 24.3 Å². The minimum atomic E-state index is -0.108. The van der Waals surface area contributed by atoms with Gasteiger partial charge in [0.05, 0.1) is 6.07 Å². The average Bonchev–Trinajstić information content (AvgIpc) is 2.69. The molecule has 0 amide bonds. The second-order valence-corrected chi connectivity index (χ2v) is 4.49. The molecular formula is C15H24N4O. The predicted octanol–water partition coefficient (Wildman–Crippen LogP) is 1.74. The number of hydrogen-bond donors (Lipinski definition) is 3. The fourth-order valence-corrected chi connectivity index (χ4v) is 1.84. The highest BCUT2D eigenvalue weighted by Crippen LogP contribution is 2.09. The van der Waals surface area contributed by atoms with E-state index in [0.717, 1.165) is 38.0 Å². The van der Waals surface area contributed by atoms with Crippen LogP contribution in [-0.2, 0) is 4.84 Å². The summed E-state index contributed by atoms with van der Waals surface area (Å²) in [6.45, 7) is 4.06. The Morgan fingerprint density at radius 2 is 2.20 bits per heavy atom. The fraction of sp³-hybridized carbons (Fsp3) is 0.533. The van der Waals surface area contributed by atoms with Gasteiger partial charge in [-0.1, -0.05) is 19.1 Å². The molecule has 5 nitrogen and oxygen atoms in total. The van der Waals surface area contributed by atoms with E-state index in [0.29, 0.717) is 5.57 Å². The van der Waals surface area contributed by atoms with Crippen LogP contribution in [0, 0.1) is 11.3 Å². The molecule has 1 unspecified atom stereocenters. The zero-order valence-corrected chi connectivity index (χ0v) is 12.3. The quantitative estimate of drug-likeness (QED) is 0.340. The maximum atomic E-state index is 8.88. The number of hydroxylamine groups is 1. The molecule has 0 aromatic heterocycles. The first kappa shape index (κ1) is 16.4. The van der Waals surface area contributed by atoms with Crippen LogP contribution in [0.3, 0.4) is 0 Å². The lowest BCUT2D eigenvalue weighted by Gasteiger charge is -2.20. The van der Waals surface area contributed by atoms with Crippen LogP contribution in [0.2, 0.25) is 0 Å². The van der Waals surface area contributed by atoms with Crippen LogP contribution < -0.4 is 16.1 Å². The molecule has 1 aliphatic rings. The molecule has 110 valence electrons. The normalized spacial score (nSPS) is 15.8. The molecule has 0 heterocycles. The van der Waals surface area contributed by atoms with Crippen molar-refractivity contribution in [3.05, 3.63) is 35.6 Å². The third-order valence-electron chi connectivity index (χ3n) is 2.84. The molecule has 0 aromatic rings. The van der Waals surface area contributed by atoms with Gasteiger partial charge in [0.25, 0.3) is 0 Å². The van der Waals surface area contributed by atoms with Crippen molar-refractivity contribution in [1.82, 2.24) is 16.1 Å². The summed E-state index contributed by atoms with van der Waals surface area (Å²) in [5.41, 5.74) is 4.39. The van der Waals surface area contributed by atoms with Crippen LogP contribution in [0.15, 0.2) is 35.6 Å². The molecule has 0 saturated carbocycles. The van der Waals surface area contributed by atoms with Crippen molar-refractivity contribution in [1.29, 1.82) is 5.26 Å². The molecule has 0 spiro atoms. The van der Waals surface area contributed by atoms with Gasteiger partial charge in [-0.2, -0.15) is 5.26 Å². The number of hydrogen-bond acceptors (Lipinski definition) is 5. The van der Waals surface area contributed by atoms with Crippen molar-refractivity contribution in [2.45, 2.75) is 32.4 Å². The molecule has 0 aromatic carbocycles. The topological polar surface area (TPSA) is 69.1 Å². The molecule has 0 bridgehead atoms.